The number of fused-ring (bicyclic) bond motifs is 1. The lowest BCUT2D eigenvalue weighted by Gasteiger charge is -2.28. The number of rotatable bonds is 8. The van der Waals surface area contributed by atoms with E-state index in [1.165, 1.54) is 18.0 Å². The minimum atomic E-state index is -3.55. The molecule has 0 saturated carbocycles. The molecular formula is C18H24F2N4O4S2. The molecule has 0 atom stereocenters. The molecule has 1 aromatic heterocycles. The topological polar surface area (TPSA) is 83.1 Å². The van der Waals surface area contributed by atoms with Gasteiger partial charge in [0.15, 0.2) is 10.9 Å². The highest BCUT2D eigenvalue weighted by Crippen LogP contribution is 2.31. The Balaban J connectivity index is 1.80. The van der Waals surface area contributed by atoms with Crippen molar-refractivity contribution < 1.29 is 26.7 Å². The number of carbonyl (C=O) groups excluding carboxylic acids is 1. The number of aromatic nitrogens is 1. The van der Waals surface area contributed by atoms with Gasteiger partial charge in [0.1, 0.15) is 11.3 Å². The van der Waals surface area contributed by atoms with Crippen molar-refractivity contribution in [2.24, 2.45) is 0 Å². The molecule has 3 rings (SSSR count). The van der Waals surface area contributed by atoms with Crippen LogP contribution in [0.25, 0.3) is 10.2 Å². The molecule has 166 valence electrons. The average molecular weight is 463 g/mol. The molecule has 0 spiro atoms. The quantitative estimate of drug-likeness (QED) is 0.592. The maximum atomic E-state index is 14.1. The number of likely N-dealkylation sites (N-methyl/N-ethyl adjacent to an activating group) is 1. The van der Waals surface area contributed by atoms with Gasteiger partial charge in [0.2, 0.25) is 15.9 Å². The number of nitrogens with zero attached hydrogens (tertiary/aromatic N) is 4. The Morgan fingerprint density at radius 2 is 2.00 bits per heavy atom. The van der Waals surface area contributed by atoms with Gasteiger partial charge in [-0.3, -0.25) is 14.6 Å². The second kappa shape index (κ2) is 9.60. The fraction of sp³-hybridized carbons (Fsp3) is 0.556. The first kappa shape index (κ1) is 22.9. The van der Waals surface area contributed by atoms with Crippen LogP contribution in [0.5, 0.6) is 0 Å². The first-order valence-corrected chi connectivity index (χ1v) is 12.1. The predicted octanol–water partition coefficient (Wildman–Crippen LogP) is 1.52. The summed E-state index contributed by atoms with van der Waals surface area (Å²) < 4.78 is 57.6. The zero-order valence-electron chi connectivity index (χ0n) is 16.8. The number of carbonyl (C=O) groups is 1. The van der Waals surface area contributed by atoms with E-state index in [-0.39, 0.29) is 28.4 Å². The molecule has 1 amide bonds. The molecule has 1 aliphatic rings. The lowest BCUT2D eigenvalue weighted by Crippen LogP contribution is -2.43. The van der Waals surface area contributed by atoms with E-state index in [9.17, 15) is 22.0 Å². The summed E-state index contributed by atoms with van der Waals surface area (Å²) in [5, 5.41) is 0.211. The van der Waals surface area contributed by atoms with Crippen molar-refractivity contribution in [2.45, 2.75) is 6.42 Å². The SMILES string of the molecule is CN(CC(=O)N(CCCN1CCOCC1)c1nc2c(F)cc(F)cc2s1)S(C)(=O)=O. The summed E-state index contributed by atoms with van der Waals surface area (Å²) >= 11 is 0.995. The van der Waals surface area contributed by atoms with Crippen molar-refractivity contribution in [3.63, 3.8) is 0 Å². The molecule has 2 heterocycles. The van der Waals surface area contributed by atoms with Gasteiger partial charge in [-0.2, -0.15) is 4.31 Å². The lowest BCUT2D eigenvalue weighted by molar-refractivity contribution is -0.118. The third-order valence-electron chi connectivity index (χ3n) is 4.82. The number of sulfonamides is 1. The van der Waals surface area contributed by atoms with E-state index in [0.717, 1.165) is 47.6 Å². The van der Waals surface area contributed by atoms with E-state index in [1.54, 1.807) is 0 Å². The molecule has 1 fully saturated rings. The summed E-state index contributed by atoms with van der Waals surface area (Å²) in [4.78, 5) is 20.6. The zero-order valence-corrected chi connectivity index (χ0v) is 18.4. The molecule has 8 nitrogen and oxygen atoms in total. The molecule has 1 aromatic carbocycles. The molecule has 1 saturated heterocycles. The fourth-order valence-electron chi connectivity index (χ4n) is 3.06. The summed E-state index contributed by atoms with van der Waals surface area (Å²) in [5.74, 6) is -2.01. The summed E-state index contributed by atoms with van der Waals surface area (Å²) in [6.45, 7) is 3.55. The van der Waals surface area contributed by atoms with E-state index >= 15 is 0 Å². The Hall–Kier alpha value is -1.73. The van der Waals surface area contributed by atoms with Gasteiger partial charge in [0.25, 0.3) is 0 Å². The molecule has 0 unspecified atom stereocenters. The second-order valence-corrected chi connectivity index (χ2v) is 10.2. The smallest absolute Gasteiger partial charge is 0.244 e. The molecule has 0 N–H and O–H groups in total. The molecule has 1 aliphatic heterocycles. The second-order valence-electron chi connectivity index (χ2n) is 7.10. The van der Waals surface area contributed by atoms with Crippen LogP contribution in [-0.4, -0.2) is 87.8 Å². The fourth-order valence-corrected chi connectivity index (χ4v) is 4.45. The van der Waals surface area contributed by atoms with Gasteiger partial charge in [0.05, 0.1) is 30.7 Å². The largest absolute Gasteiger partial charge is 0.379 e. The Morgan fingerprint density at radius 3 is 2.67 bits per heavy atom. The zero-order chi connectivity index (χ0) is 21.9. The normalized spacial score (nSPS) is 15.8. The van der Waals surface area contributed by atoms with Crippen molar-refractivity contribution >= 4 is 42.6 Å². The number of halogens is 2. The number of thiazole rings is 1. The maximum absolute atomic E-state index is 14.1. The summed E-state index contributed by atoms with van der Waals surface area (Å²) in [6.07, 6.45) is 1.62. The number of hydrogen-bond acceptors (Lipinski definition) is 7. The first-order valence-electron chi connectivity index (χ1n) is 9.42. The van der Waals surface area contributed by atoms with Gasteiger partial charge < -0.3 is 4.74 Å². The highest BCUT2D eigenvalue weighted by atomic mass is 32.2. The highest BCUT2D eigenvalue weighted by molar-refractivity contribution is 7.88. The standard InChI is InChI=1S/C18H24F2N4O4S2/c1-22(30(2,26)27)12-16(25)24(5-3-4-23-6-8-28-9-7-23)18-21-17-14(20)10-13(19)11-15(17)29-18/h10-11H,3-9,12H2,1-2H3. The number of anilines is 1. The van der Waals surface area contributed by atoms with Gasteiger partial charge in [-0.1, -0.05) is 11.3 Å². The maximum Gasteiger partial charge on any atom is 0.244 e. The van der Waals surface area contributed by atoms with Crippen molar-refractivity contribution in [3.8, 4) is 0 Å². The van der Waals surface area contributed by atoms with Gasteiger partial charge >= 0.3 is 0 Å². The average Bonchev–Trinajstić information content (AvgIpc) is 3.09. The van der Waals surface area contributed by atoms with Crippen LogP contribution in [0.2, 0.25) is 0 Å². The molecule has 0 bridgehead atoms. The summed E-state index contributed by atoms with van der Waals surface area (Å²) in [6, 6.07) is 1.91. The number of amides is 1. The Bertz CT molecular complexity index is 1010. The van der Waals surface area contributed by atoms with E-state index in [1.807, 2.05) is 0 Å². The van der Waals surface area contributed by atoms with E-state index in [4.69, 9.17) is 4.74 Å². The van der Waals surface area contributed by atoms with E-state index < -0.39 is 27.6 Å². The third kappa shape index (κ3) is 5.70. The van der Waals surface area contributed by atoms with E-state index in [0.29, 0.717) is 19.6 Å². The van der Waals surface area contributed by atoms with Crippen molar-refractivity contribution in [3.05, 3.63) is 23.8 Å². The lowest BCUT2D eigenvalue weighted by atomic mass is 10.3. The number of benzene rings is 1. The predicted molar refractivity (Wildman–Crippen MR) is 111 cm³/mol. The van der Waals surface area contributed by atoms with Crippen LogP contribution < -0.4 is 4.90 Å². The van der Waals surface area contributed by atoms with Crippen LogP contribution in [0.1, 0.15) is 6.42 Å². The van der Waals surface area contributed by atoms with Crippen molar-refractivity contribution in [1.82, 2.24) is 14.2 Å². The minimum absolute atomic E-state index is 0.0150. The monoisotopic (exact) mass is 462 g/mol. The highest BCUT2D eigenvalue weighted by Gasteiger charge is 2.25. The number of hydrogen-bond donors (Lipinski definition) is 0. The van der Waals surface area contributed by atoms with Gasteiger partial charge in [-0.15, -0.1) is 0 Å². The van der Waals surface area contributed by atoms with Crippen molar-refractivity contribution in [1.29, 1.82) is 0 Å². The Kier molecular flexibility index (Phi) is 7.34. The number of morpholine rings is 1. The Labute approximate surface area is 178 Å². The van der Waals surface area contributed by atoms with Crippen LogP contribution in [-0.2, 0) is 19.6 Å². The Morgan fingerprint density at radius 1 is 1.30 bits per heavy atom. The van der Waals surface area contributed by atoms with Crippen LogP contribution in [0.15, 0.2) is 12.1 Å². The molecule has 30 heavy (non-hydrogen) atoms. The van der Waals surface area contributed by atoms with Gasteiger partial charge in [-0.05, 0) is 12.5 Å². The van der Waals surface area contributed by atoms with Crippen LogP contribution in [0.4, 0.5) is 13.9 Å². The van der Waals surface area contributed by atoms with Crippen molar-refractivity contribution in [2.75, 3.05) is 64.1 Å². The molecule has 2 aromatic rings. The van der Waals surface area contributed by atoms with Crippen LogP contribution in [0, 0.1) is 11.6 Å². The van der Waals surface area contributed by atoms with Crippen LogP contribution in [0.3, 0.4) is 0 Å². The van der Waals surface area contributed by atoms with Crippen LogP contribution >= 0.6 is 11.3 Å². The third-order valence-corrected chi connectivity index (χ3v) is 7.10. The number of ether oxygens (including phenoxy) is 1. The summed E-state index contributed by atoms with van der Waals surface area (Å²) in [7, 11) is -2.24. The minimum Gasteiger partial charge on any atom is -0.379 e. The first-order chi connectivity index (χ1) is 14.1. The van der Waals surface area contributed by atoms with Gasteiger partial charge in [0, 0.05) is 39.3 Å². The van der Waals surface area contributed by atoms with Gasteiger partial charge in [-0.25, -0.2) is 22.2 Å². The molecule has 12 heteroatoms. The summed E-state index contributed by atoms with van der Waals surface area (Å²) in [5.41, 5.74) is -0.0150. The van der Waals surface area contributed by atoms with E-state index in [2.05, 4.69) is 9.88 Å². The molecule has 0 radical (unpaired) electrons. The molecule has 0 aliphatic carbocycles. The molecular weight excluding hydrogens is 438 g/mol.